The summed E-state index contributed by atoms with van der Waals surface area (Å²) in [5.74, 6) is -8.64. The topological polar surface area (TPSA) is 62.1 Å². The monoisotopic (exact) mass is 313 g/mol. The van der Waals surface area contributed by atoms with Gasteiger partial charge in [0.05, 0.1) is 12.1 Å². The van der Waals surface area contributed by atoms with Crippen molar-refractivity contribution < 1.29 is 32.6 Å². The fourth-order valence-corrected chi connectivity index (χ4v) is 1.83. The summed E-state index contributed by atoms with van der Waals surface area (Å²) in [6.07, 6.45) is -5.15. The molecule has 0 saturated heterocycles. The number of oxime groups is 1. The minimum Gasteiger partial charge on any atom is -0.507 e. The maximum absolute atomic E-state index is 13.2. The molecule has 0 fully saturated rings. The lowest BCUT2D eigenvalue weighted by molar-refractivity contribution is -0.338. The quantitative estimate of drug-likeness (QED) is 0.844. The Kier molecular flexibility index (Phi) is 3.55. The third-order valence-corrected chi connectivity index (χ3v) is 3.01. The normalized spacial score (nSPS) is 22.9. The van der Waals surface area contributed by atoms with Crippen LogP contribution in [0.25, 0.3) is 0 Å². The maximum Gasteiger partial charge on any atom is 0.373 e. The van der Waals surface area contributed by atoms with E-state index in [1.165, 1.54) is 18.2 Å². The minimum atomic E-state index is -4.81. The number of phenolic OH excluding ortho intramolecular Hbond substituents is 1. The molecule has 1 heterocycles. The van der Waals surface area contributed by atoms with Crippen LogP contribution < -0.4 is 0 Å². The summed E-state index contributed by atoms with van der Waals surface area (Å²) in [6, 6.07) is 3.69. The minimum absolute atomic E-state index is 0.0847. The molecule has 1 atom stereocenters. The van der Waals surface area contributed by atoms with Crippen LogP contribution in [0.1, 0.15) is 12.0 Å². The highest BCUT2D eigenvalue weighted by Crippen LogP contribution is 2.42. The second-order valence-corrected chi connectivity index (χ2v) is 4.61. The fraction of sp³-hybridized carbons (Fsp3) is 0.364. The predicted molar refractivity (Wildman–Crippen MR) is 61.3 cm³/mol. The Balaban J connectivity index is 2.30. The van der Waals surface area contributed by atoms with E-state index in [1.807, 2.05) is 0 Å². The summed E-state index contributed by atoms with van der Waals surface area (Å²) >= 11 is 5.67. The average Bonchev–Trinajstić information content (AvgIpc) is 2.76. The van der Waals surface area contributed by atoms with Crippen molar-refractivity contribution in [2.75, 3.05) is 0 Å². The Hall–Kier alpha value is -1.54. The molecule has 9 heteroatoms. The first-order valence-corrected chi connectivity index (χ1v) is 5.67. The van der Waals surface area contributed by atoms with Gasteiger partial charge in [-0.05, 0) is 18.2 Å². The van der Waals surface area contributed by atoms with Crippen molar-refractivity contribution in [1.82, 2.24) is 0 Å². The Labute approximate surface area is 115 Å². The number of aromatic hydroxyl groups is 1. The number of rotatable bonds is 3. The third kappa shape index (κ3) is 2.29. The molecule has 2 N–H and O–H groups in total. The number of hydrogen-bond acceptors (Lipinski definition) is 4. The molecule has 1 aliphatic rings. The molecule has 0 bridgehead atoms. The van der Waals surface area contributed by atoms with E-state index in [1.54, 1.807) is 0 Å². The number of hydrogen-bond donors (Lipinski definition) is 2. The number of halogens is 5. The second kappa shape index (κ2) is 4.78. The van der Waals surface area contributed by atoms with Crippen molar-refractivity contribution in [2.45, 2.75) is 24.6 Å². The van der Waals surface area contributed by atoms with Crippen LogP contribution in [0, 0.1) is 0 Å². The fourth-order valence-electron chi connectivity index (χ4n) is 1.66. The molecular weight excluding hydrogens is 306 g/mol. The van der Waals surface area contributed by atoms with E-state index in [0.29, 0.717) is 0 Å². The van der Waals surface area contributed by atoms with Gasteiger partial charge in [0.25, 0.3) is 0 Å². The zero-order chi connectivity index (χ0) is 15.1. The van der Waals surface area contributed by atoms with Crippen molar-refractivity contribution >= 4 is 17.3 Å². The molecule has 0 spiro atoms. The van der Waals surface area contributed by atoms with E-state index in [0.717, 1.165) is 0 Å². The Morgan fingerprint density at radius 2 is 2.05 bits per heavy atom. The van der Waals surface area contributed by atoms with E-state index in [4.69, 9.17) is 11.6 Å². The van der Waals surface area contributed by atoms with Crippen molar-refractivity contribution in [1.29, 1.82) is 0 Å². The molecule has 0 aliphatic carbocycles. The van der Waals surface area contributed by atoms with Gasteiger partial charge in [-0.1, -0.05) is 16.8 Å². The largest absolute Gasteiger partial charge is 0.507 e. The lowest BCUT2D eigenvalue weighted by atomic mass is 9.98. The van der Waals surface area contributed by atoms with E-state index in [-0.39, 0.29) is 22.0 Å². The molecule has 2 rings (SSSR count). The highest BCUT2D eigenvalue weighted by Gasteiger charge is 2.65. The van der Waals surface area contributed by atoms with Crippen LogP contribution in [-0.2, 0) is 4.84 Å². The highest BCUT2D eigenvalue weighted by molar-refractivity contribution is 6.31. The van der Waals surface area contributed by atoms with Crippen LogP contribution in [0.3, 0.4) is 0 Å². The lowest BCUT2D eigenvalue weighted by Crippen LogP contribution is -2.52. The number of aliphatic hydroxyl groups is 1. The average molecular weight is 314 g/mol. The summed E-state index contributed by atoms with van der Waals surface area (Å²) in [5.41, 5.74) is -0.397. The van der Waals surface area contributed by atoms with Gasteiger partial charge < -0.3 is 15.1 Å². The lowest BCUT2D eigenvalue weighted by Gasteiger charge is -2.28. The Morgan fingerprint density at radius 3 is 2.65 bits per heavy atom. The van der Waals surface area contributed by atoms with E-state index in [9.17, 15) is 27.8 Å². The van der Waals surface area contributed by atoms with Gasteiger partial charge in [-0.3, -0.25) is 0 Å². The molecule has 1 aromatic rings. The molecule has 1 aliphatic heterocycles. The number of nitrogens with zero attached hydrogens (tertiary/aromatic N) is 1. The summed E-state index contributed by atoms with van der Waals surface area (Å²) in [7, 11) is 0. The van der Waals surface area contributed by atoms with Gasteiger partial charge >= 0.3 is 18.1 Å². The standard InChI is InChI=1S/C11H8ClF4NO3/c12-5-1-2-8(18)6(3-5)7-4-10(19,20-17-7)11(15,16)9(13)14/h1-3,9,18-19H,4H2/t10-/m1/s1. The van der Waals surface area contributed by atoms with Crippen LogP contribution in [0.2, 0.25) is 5.02 Å². The van der Waals surface area contributed by atoms with Crippen LogP contribution in [0.4, 0.5) is 17.6 Å². The number of alkyl halides is 4. The van der Waals surface area contributed by atoms with Crippen LogP contribution in [0.15, 0.2) is 23.4 Å². The SMILES string of the molecule is Oc1ccc(Cl)cc1C1=NO[C@@](O)(C(F)(F)C(F)F)C1. The van der Waals surface area contributed by atoms with Crippen molar-refractivity contribution in [3.05, 3.63) is 28.8 Å². The summed E-state index contributed by atoms with van der Waals surface area (Å²) in [5, 5.41) is 22.4. The highest BCUT2D eigenvalue weighted by atomic mass is 35.5. The molecule has 4 nitrogen and oxygen atoms in total. The zero-order valence-electron chi connectivity index (χ0n) is 9.66. The zero-order valence-corrected chi connectivity index (χ0v) is 10.4. The summed E-state index contributed by atoms with van der Waals surface area (Å²) < 4.78 is 51.0. The van der Waals surface area contributed by atoms with Gasteiger partial charge in [0.1, 0.15) is 5.75 Å². The van der Waals surface area contributed by atoms with E-state index < -0.39 is 24.6 Å². The van der Waals surface area contributed by atoms with Gasteiger partial charge in [0.2, 0.25) is 0 Å². The number of phenols is 1. The first-order valence-electron chi connectivity index (χ1n) is 5.29. The summed E-state index contributed by atoms with van der Waals surface area (Å²) in [4.78, 5) is 4.09. The molecule has 1 aromatic carbocycles. The molecule has 110 valence electrons. The first-order chi connectivity index (χ1) is 9.17. The van der Waals surface area contributed by atoms with Crippen LogP contribution in [-0.4, -0.2) is 34.1 Å². The first kappa shape index (κ1) is 14.9. The molecule has 0 saturated carbocycles. The van der Waals surface area contributed by atoms with Crippen molar-refractivity contribution in [3.8, 4) is 5.75 Å². The molecular formula is C11H8ClF4NO3. The molecule has 20 heavy (non-hydrogen) atoms. The van der Waals surface area contributed by atoms with Crippen molar-refractivity contribution in [3.63, 3.8) is 0 Å². The summed E-state index contributed by atoms with van der Waals surface area (Å²) in [6.45, 7) is 0. The maximum atomic E-state index is 13.2. The van der Waals surface area contributed by atoms with Crippen LogP contribution in [0.5, 0.6) is 5.75 Å². The van der Waals surface area contributed by atoms with Gasteiger partial charge in [-0.2, -0.15) is 8.78 Å². The smallest absolute Gasteiger partial charge is 0.373 e. The molecule has 0 amide bonds. The Morgan fingerprint density at radius 1 is 1.40 bits per heavy atom. The van der Waals surface area contributed by atoms with Crippen molar-refractivity contribution in [2.24, 2.45) is 5.16 Å². The van der Waals surface area contributed by atoms with E-state index in [2.05, 4.69) is 9.99 Å². The van der Waals surface area contributed by atoms with Gasteiger partial charge in [0, 0.05) is 10.6 Å². The van der Waals surface area contributed by atoms with E-state index >= 15 is 0 Å². The number of benzene rings is 1. The third-order valence-electron chi connectivity index (χ3n) is 2.78. The Bertz CT molecular complexity index is 567. The second-order valence-electron chi connectivity index (χ2n) is 4.18. The molecule has 0 radical (unpaired) electrons. The predicted octanol–water partition coefficient (Wildman–Crippen LogP) is 2.76. The van der Waals surface area contributed by atoms with Gasteiger partial charge in [0.15, 0.2) is 0 Å². The molecule has 0 aromatic heterocycles. The van der Waals surface area contributed by atoms with Gasteiger partial charge in [-0.15, -0.1) is 0 Å². The van der Waals surface area contributed by atoms with Gasteiger partial charge in [-0.25, -0.2) is 8.78 Å². The van der Waals surface area contributed by atoms with Crippen LogP contribution >= 0.6 is 11.6 Å². The molecule has 0 unspecified atom stereocenters.